The van der Waals surface area contributed by atoms with Gasteiger partial charge in [-0.3, -0.25) is 9.59 Å². The van der Waals surface area contributed by atoms with Crippen molar-refractivity contribution in [2.24, 2.45) is 34.5 Å². The molecule has 4 saturated carbocycles. The number of nitrogens with zero attached hydrogens (tertiary/aromatic N) is 7. The summed E-state index contributed by atoms with van der Waals surface area (Å²) in [5, 5.41) is 19.4. The molecule has 2 aliphatic heterocycles. The smallest absolute Gasteiger partial charge is 0.280 e. The van der Waals surface area contributed by atoms with Crippen LogP contribution >= 0.6 is 0 Å². The fraction of sp³-hybridized carbons (Fsp3) is 0.511. The van der Waals surface area contributed by atoms with Gasteiger partial charge in [0.05, 0.1) is 51.9 Å². The van der Waals surface area contributed by atoms with Crippen molar-refractivity contribution in [3.05, 3.63) is 82.4 Å². The number of carbonyl (C=O) groups excluding carboxylic acids is 2. The van der Waals surface area contributed by atoms with Crippen molar-refractivity contribution in [2.45, 2.75) is 78.0 Å². The van der Waals surface area contributed by atoms with Gasteiger partial charge in [-0.15, -0.1) is 10.2 Å². The highest BCUT2D eigenvalue weighted by Crippen LogP contribution is 2.57. The van der Waals surface area contributed by atoms with Gasteiger partial charge in [0.25, 0.3) is 11.8 Å². The summed E-state index contributed by atoms with van der Waals surface area (Å²) < 4.78 is 26.6. The zero-order chi connectivity index (χ0) is 40.3. The summed E-state index contributed by atoms with van der Waals surface area (Å²) in [6, 6.07) is 11.8. The van der Waals surface area contributed by atoms with Crippen LogP contribution in [-0.2, 0) is 32.0 Å². The minimum absolute atomic E-state index is 0.227. The second-order valence-corrected chi connectivity index (χ2v) is 17.7. The van der Waals surface area contributed by atoms with Gasteiger partial charge in [0.1, 0.15) is 0 Å². The molecule has 6 aliphatic rings. The normalized spacial score (nSPS) is 25.6. The van der Waals surface area contributed by atoms with Gasteiger partial charge < -0.3 is 29.2 Å². The second-order valence-electron chi connectivity index (χ2n) is 17.7. The Morgan fingerprint density at radius 3 is 1.83 bits per heavy atom. The number of benzene rings is 2. The Labute approximate surface area is 343 Å². The first-order chi connectivity index (χ1) is 28.6. The number of aryl methyl sites for hydroxylation is 2. The van der Waals surface area contributed by atoms with Crippen molar-refractivity contribution in [3.8, 4) is 23.7 Å². The molecule has 1 N–H and O–H groups in total. The zero-order valence-corrected chi connectivity index (χ0v) is 33.6. The van der Waals surface area contributed by atoms with Crippen LogP contribution in [0.4, 0.5) is 11.4 Å². The topological polar surface area (TPSA) is 148 Å². The molecule has 2 saturated heterocycles. The minimum atomic E-state index is -0.386. The summed E-state index contributed by atoms with van der Waals surface area (Å²) in [4.78, 5) is 28.0. The van der Waals surface area contributed by atoms with Crippen molar-refractivity contribution in [1.29, 1.82) is 0 Å². The monoisotopic (exact) mass is 796 g/mol. The molecule has 0 bridgehead atoms. The molecule has 6 fully saturated rings. The van der Waals surface area contributed by atoms with Crippen molar-refractivity contribution in [1.82, 2.24) is 30.0 Å². The third-order valence-electron chi connectivity index (χ3n) is 12.8. The summed E-state index contributed by atoms with van der Waals surface area (Å²) in [6.07, 6.45) is 9.32. The molecule has 4 aromatic rings. The quantitative estimate of drug-likeness (QED) is 0.230. The molecule has 2 aromatic heterocycles. The fourth-order valence-electron chi connectivity index (χ4n) is 8.14. The predicted octanol–water partition coefficient (Wildman–Crippen LogP) is 5.00. The van der Waals surface area contributed by atoms with Gasteiger partial charge in [0.15, 0.2) is 24.0 Å². The number of hydrogen-bond donors (Lipinski definition) is 1. The number of nitrogens with one attached hydrogen (secondary N) is 1. The summed E-state index contributed by atoms with van der Waals surface area (Å²) in [5.41, 5.74) is 6.13. The highest BCUT2D eigenvalue weighted by atomic mass is 16.7. The van der Waals surface area contributed by atoms with Gasteiger partial charge in [-0.1, -0.05) is 40.2 Å². The standard InChI is InChI=1S/C45H48N8O6/c1-28-4-5-31(17-39(28)51(3)43(55)38-21-53(50-48-38)23-41-58-26-45(14-15-45)27-59-41)7-10-33-19-35(33)34-18-32(34)9-6-30-8-11-36(29(2)16-30)46-42(54)37-20-52(49-47-37)22-40-56-24-44(12-13-44)25-57-40/h4-5,8,11,16-17,20-21,32-35,40-41H,12-15,18-19,22-27H2,1-3H3,(H,46,54). The lowest BCUT2D eigenvalue weighted by atomic mass is 10.1. The van der Waals surface area contributed by atoms with Gasteiger partial charge in [0.2, 0.25) is 0 Å². The summed E-state index contributed by atoms with van der Waals surface area (Å²) in [7, 11) is 1.75. The molecule has 4 atom stereocenters. The van der Waals surface area contributed by atoms with E-state index in [1.54, 1.807) is 33.7 Å². The SMILES string of the molecule is Cc1cc(C#CC2CC2C2CC2C#Cc2ccc(C)c(N(C)C(=O)c3cn(CC4OCC5(CC5)CO4)nn3)c2)ccc1NC(=O)c1cn(CC2OCC3(CC3)CO2)nn1. The molecule has 10 rings (SSSR count). The summed E-state index contributed by atoms with van der Waals surface area (Å²) >= 11 is 0. The van der Waals surface area contributed by atoms with Gasteiger partial charge in [-0.2, -0.15) is 0 Å². The molecule has 4 aliphatic carbocycles. The van der Waals surface area contributed by atoms with E-state index in [1.165, 1.54) is 0 Å². The molecule has 304 valence electrons. The van der Waals surface area contributed by atoms with Crippen molar-refractivity contribution < 1.29 is 28.5 Å². The first kappa shape index (κ1) is 37.9. The van der Waals surface area contributed by atoms with Crippen LogP contribution in [0.25, 0.3) is 0 Å². The van der Waals surface area contributed by atoms with Gasteiger partial charge in [0, 0.05) is 52.2 Å². The molecule has 2 spiro atoms. The third kappa shape index (κ3) is 8.41. The number of ether oxygens (including phenoxy) is 4. The van der Waals surface area contributed by atoms with E-state index in [9.17, 15) is 9.59 Å². The minimum Gasteiger partial charge on any atom is -0.350 e. The van der Waals surface area contributed by atoms with E-state index in [2.05, 4.69) is 49.6 Å². The maximum absolute atomic E-state index is 13.4. The average Bonchev–Trinajstić information content (AvgIpc) is 4.17. The molecular weight excluding hydrogens is 749 g/mol. The van der Waals surface area contributed by atoms with Crippen LogP contribution < -0.4 is 10.2 Å². The molecule has 0 radical (unpaired) electrons. The van der Waals surface area contributed by atoms with E-state index in [0.717, 1.165) is 66.5 Å². The van der Waals surface area contributed by atoms with E-state index in [-0.39, 0.29) is 46.6 Å². The van der Waals surface area contributed by atoms with Crippen LogP contribution in [0, 0.1) is 72.0 Å². The fourth-order valence-corrected chi connectivity index (χ4v) is 8.14. The van der Waals surface area contributed by atoms with Crippen molar-refractivity contribution in [3.63, 3.8) is 0 Å². The van der Waals surface area contributed by atoms with Crippen LogP contribution in [-0.4, -0.2) is 87.9 Å². The summed E-state index contributed by atoms with van der Waals surface area (Å²) in [5.74, 6) is 15.0. The predicted molar refractivity (Wildman–Crippen MR) is 215 cm³/mol. The second kappa shape index (κ2) is 15.0. The lowest BCUT2D eigenvalue weighted by Crippen LogP contribution is -2.36. The largest absolute Gasteiger partial charge is 0.350 e. The number of aromatic nitrogens is 6. The summed E-state index contributed by atoms with van der Waals surface area (Å²) in [6.45, 7) is 7.56. The maximum atomic E-state index is 13.4. The molecule has 14 nitrogen and oxygen atoms in total. The Kier molecular flexibility index (Phi) is 9.64. The molecule has 2 amide bonds. The molecule has 59 heavy (non-hydrogen) atoms. The highest BCUT2D eigenvalue weighted by molar-refractivity contribution is 6.04. The Morgan fingerprint density at radius 2 is 1.27 bits per heavy atom. The molecule has 4 heterocycles. The molecule has 2 aromatic carbocycles. The Hall–Kier alpha value is -5.38. The first-order valence-electron chi connectivity index (χ1n) is 20.7. The Bertz CT molecular complexity index is 2410. The molecular formula is C45H48N8O6. The highest BCUT2D eigenvalue weighted by Gasteiger charge is 2.52. The number of carbonyl (C=O) groups is 2. The van der Waals surface area contributed by atoms with Gasteiger partial charge in [-0.25, -0.2) is 9.36 Å². The van der Waals surface area contributed by atoms with Crippen LogP contribution in [0.15, 0.2) is 48.8 Å². The number of anilines is 2. The van der Waals surface area contributed by atoms with Crippen LogP contribution in [0.3, 0.4) is 0 Å². The van der Waals surface area contributed by atoms with Crippen LogP contribution in [0.1, 0.15) is 81.8 Å². The van der Waals surface area contributed by atoms with Gasteiger partial charge in [-0.05, 0) is 106 Å². The van der Waals surface area contributed by atoms with Crippen LogP contribution in [0.5, 0.6) is 0 Å². The average molecular weight is 797 g/mol. The third-order valence-corrected chi connectivity index (χ3v) is 12.8. The van der Waals surface area contributed by atoms with E-state index in [4.69, 9.17) is 18.9 Å². The van der Waals surface area contributed by atoms with E-state index in [0.29, 0.717) is 68.9 Å². The zero-order valence-electron chi connectivity index (χ0n) is 33.6. The number of hydrogen-bond acceptors (Lipinski definition) is 10. The number of rotatable bonds is 9. The lowest BCUT2D eigenvalue weighted by Gasteiger charge is -2.29. The maximum Gasteiger partial charge on any atom is 0.280 e. The Morgan fingerprint density at radius 1 is 0.746 bits per heavy atom. The first-order valence-corrected chi connectivity index (χ1v) is 20.7. The lowest BCUT2D eigenvalue weighted by molar-refractivity contribution is -0.213. The van der Waals surface area contributed by atoms with E-state index >= 15 is 0 Å². The van der Waals surface area contributed by atoms with Gasteiger partial charge >= 0.3 is 0 Å². The van der Waals surface area contributed by atoms with Crippen LogP contribution in [0.2, 0.25) is 0 Å². The van der Waals surface area contributed by atoms with E-state index < -0.39 is 0 Å². The Balaban J connectivity index is 0.690. The molecule has 4 unspecified atom stereocenters. The van der Waals surface area contributed by atoms with E-state index in [1.807, 2.05) is 50.2 Å². The van der Waals surface area contributed by atoms with Crippen molar-refractivity contribution >= 4 is 23.2 Å². The van der Waals surface area contributed by atoms with Crippen molar-refractivity contribution in [2.75, 3.05) is 43.7 Å². The number of amides is 2. The molecule has 14 heteroatoms.